The standard InChI is InChI=1S/C24H29ClN4O2S/c1-17(2)24-26-22(31-27-24)8-5-9-23(30)29-14-12-28(13-15-29)16-18-10-11-21(32-18)19-6-3-4-7-20(19)25/h3-4,6-7,10-11,17H,5,8-9,12-16H2,1-2H3. The molecule has 0 atom stereocenters. The van der Waals surface area contributed by atoms with Crippen LogP contribution in [0.5, 0.6) is 0 Å². The smallest absolute Gasteiger partial charge is 0.226 e. The molecule has 1 aromatic carbocycles. The maximum absolute atomic E-state index is 12.6. The van der Waals surface area contributed by atoms with Crippen LogP contribution in [0.3, 0.4) is 0 Å². The summed E-state index contributed by atoms with van der Waals surface area (Å²) in [4.78, 5) is 23.9. The van der Waals surface area contributed by atoms with Gasteiger partial charge in [0.15, 0.2) is 5.82 Å². The van der Waals surface area contributed by atoms with Gasteiger partial charge >= 0.3 is 0 Å². The number of benzene rings is 1. The molecule has 32 heavy (non-hydrogen) atoms. The second-order valence-electron chi connectivity index (χ2n) is 8.46. The second-order valence-corrected chi connectivity index (χ2v) is 10.0. The Labute approximate surface area is 198 Å². The summed E-state index contributed by atoms with van der Waals surface area (Å²) in [5.74, 6) is 1.82. The van der Waals surface area contributed by atoms with Gasteiger partial charge in [-0.2, -0.15) is 4.98 Å². The predicted molar refractivity (Wildman–Crippen MR) is 128 cm³/mol. The molecule has 0 saturated carbocycles. The van der Waals surface area contributed by atoms with Crippen LogP contribution in [0.4, 0.5) is 0 Å². The molecule has 1 aliphatic heterocycles. The minimum atomic E-state index is 0.213. The van der Waals surface area contributed by atoms with E-state index in [-0.39, 0.29) is 11.8 Å². The third-order valence-electron chi connectivity index (χ3n) is 5.69. The third kappa shape index (κ3) is 5.77. The summed E-state index contributed by atoms with van der Waals surface area (Å²) in [5.41, 5.74) is 1.08. The Balaban J connectivity index is 1.20. The molecular formula is C24H29ClN4O2S. The SMILES string of the molecule is CC(C)c1noc(CCCC(=O)N2CCN(Cc3ccc(-c4ccccc4Cl)s3)CC2)n1. The van der Waals surface area contributed by atoms with E-state index in [1.807, 2.05) is 36.9 Å². The summed E-state index contributed by atoms with van der Waals surface area (Å²) in [6.45, 7) is 8.33. The van der Waals surface area contributed by atoms with E-state index in [0.29, 0.717) is 18.7 Å². The fourth-order valence-electron chi connectivity index (χ4n) is 3.80. The van der Waals surface area contributed by atoms with E-state index in [1.54, 1.807) is 11.3 Å². The molecular weight excluding hydrogens is 444 g/mol. The highest BCUT2D eigenvalue weighted by Gasteiger charge is 2.21. The second kappa shape index (κ2) is 10.6. The molecule has 8 heteroatoms. The van der Waals surface area contributed by atoms with Crippen LogP contribution in [0, 0.1) is 0 Å². The number of thiophene rings is 1. The molecule has 1 saturated heterocycles. The normalized spacial score (nSPS) is 14.9. The van der Waals surface area contributed by atoms with Gasteiger partial charge in [0.2, 0.25) is 11.8 Å². The van der Waals surface area contributed by atoms with E-state index in [2.05, 4.69) is 33.2 Å². The number of rotatable bonds is 8. The Morgan fingerprint density at radius 1 is 1.16 bits per heavy atom. The van der Waals surface area contributed by atoms with Crippen molar-refractivity contribution in [2.45, 2.75) is 45.6 Å². The van der Waals surface area contributed by atoms with Crippen LogP contribution < -0.4 is 0 Å². The topological polar surface area (TPSA) is 62.5 Å². The Hall–Kier alpha value is -2.22. The van der Waals surface area contributed by atoms with Crippen LogP contribution in [-0.2, 0) is 17.8 Å². The molecule has 2 aromatic heterocycles. The number of nitrogens with zero attached hydrogens (tertiary/aromatic N) is 4. The molecule has 0 N–H and O–H groups in total. The Morgan fingerprint density at radius 3 is 2.66 bits per heavy atom. The number of aromatic nitrogens is 2. The lowest BCUT2D eigenvalue weighted by Gasteiger charge is -2.34. The fourth-order valence-corrected chi connectivity index (χ4v) is 5.18. The lowest BCUT2D eigenvalue weighted by atomic mass is 10.2. The average Bonchev–Trinajstić information content (AvgIpc) is 3.44. The first kappa shape index (κ1) is 23.0. The van der Waals surface area contributed by atoms with Gasteiger partial charge in [0.05, 0.1) is 0 Å². The van der Waals surface area contributed by atoms with Crippen molar-refractivity contribution in [3.05, 3.63) is 58.0 Å². The summed E-state index contributed by atoms with van der Waals surface area (Å²) < 4.78 is 5.26. The first-order valence-electron chi connectivity index (χ1n) is 11.2. The van der Waals surface area contributed by atoms with Gasteiger partial charge in [-0.3, -0.25) is 9.69 Å². The molecule has 3 aromatic rings. The van der Waals surface area contributed by atoms with Crippen molar-refractivity contribution in [2.24, 2.45) is 0 Å². The van der Waals surface area contributed by atoms with Gasteiger partial charge in [-0.15, -0.1) is 11.3 Å². The highest BCUT2D eigenvalue weighted by molar-refractivity contribution is 7.15. The average molecular weight is 473 g/mol. The van der Waals surface area contributed by atoms with Gasteiger partial charge in [0, 0.05) is 71.8 Å². The van der Waals surface area contributed by atoms with Gasteiger partial charge in [0.1, 0.15) is 0 Å². The molecule has 1 amide bonds. The molecule has 0 radical (unpaired) electrons. The van der Waals surface area contributed by atoms with E-state index < -0.39 is 0 Å². The van der Waals surface area contributed by atoms with E-state index >= 15 is 0 Å². The van der Waals surface area contributed by atoms with Crippen LogP contribution in [-0.4, -0.2) is 52.0 Å². The Morgan fingerprint density at radius 2 is 1.94 bits per heavy atom. The monoisotopic (exact) mass is 472 g/mol. The molecule has 0 aliphatic carbocycles. The maximum atomic E-state index is 12.6. The van der Waals surface area contributed by atoms with Crippen molar-refractivity contribution in [1.82, 2.24) is 19.9 Å². The molecule has 170 valence electrons. The van der Waals surface area contributed by atoms with Crippen LogP contribution in [0.1, 0.15) is 49.2 Å². The number of carbonyl (C=O) groups is 1. The number of hydrogen-bond donors (Lipinski definition) is 0. The largest absolute Gasteiger partial charge is 0.340 e. The summed E-state index contributed by atoms with van der Waals surface area (Å²) in [6, 6.07) is 12.3. The first-order valence-corrected chi connectivity index (χ1v) is 12.4. The third-order valence-corrected chi connectivity index (χ3v) is 7.12. The van der Waals surface area contributed by atoms with Gasteiger partial charge in [0.25, 0.3) is 0 Å². The minimum Gasteiger partial charge on any atom is -0.340 e. The highest BCUT2D eigenvalue weighted by Crippen LogP contribution is 2.33. The number of piperazine rings is 1. The van der Waals surface area contributed by atoms with Gasteiger partial charge < -0.3 is 9.42 Å². The molecule has 0 bridgehead atoms. The number of amides is 1. The number of hydrogen-bond acceptors (Lipinski definition) is 6. The molecule has 0 unspecified atom stereocenters. The molecule has 4 rings (SSSR count). The lowest BCUT2D eigenvalue weighted by molar-refractivity contribution is -0.133. The minimum absolute atomic E-state index is 0.213. The molecule has 1 fully saturated rings. The Kier molecular flexibility index (Phi) is 7.60. The zero-order valence-electron chi connectivity index (χ0n) is 18.6. The lowest BCUT2D eigenvalue weighted by Crippen LogP contribution is -2.48. The Bertz CT molecular complexity index is 1040. The van der Waals surface area contributed by atoms with Crippen molar-refractivity contribution in [2.75, 3.05) is 26.2 Å². The highest BCUT2D eigenvalue weighted by atomic mass is 35.5. The fraction of sp³-hybridized carbons (Fsp3) is 0.458. The maximum Gasteiger partial charge on any atom is 0.226 e. The zero-order chi connectivity index (χ0) is 22.5. The van der Waals surface area contributed by atoms with E-state index in [9.17, 15) is 4.79 Å². The first-order chi connectivity index (χ1) is 15.5. The van der Waals surface area contributed by atoms with E-state index in [1.165, 1.54) is 9.75 Å². The van der Waals surface area contributed by atoms with Gasteiger partial charge in [-0.05, 0) is 24.6 Å². The van der Waals surface area contributed by atoms with Crippen LogP contribution >= 0.6 is 22.9 Å². The van der Waals surface area contributed by atoms with Crippen molar-refractivity contribution in [3.63, 3.8) is 0 Å². The van der Waals surface area contributed by atoms with E-state index in [0.717, 1.165) is 55.6 Å². The molecule has 0 spiro atoms. The molecule has 6 nitrogen and oxygen atoms in total. The molecule has 1 aliphatic rings. The summed E-state index contributed by atoms with van der Waals surface area (Å²) in [7, 11) is 0. The van der Waals surface area contributed by atoms with Gasteiger partial charge in [-0.25, -0.2) is 0 Å². The summed E-state index contributed by atoms with van der Waals surface area (Å²) in [6.07, 6.45) is 1.90. The van der Waals surface area contributed by atoms with Crippen molar-refractivity contribution in [1.29, 1.82) is 0 Å². The predicted octanol–water partition coefficient (Wildman–Crippen LogP) is 5.24. The van der Waals surface area contributed by atoms with E-state index in [4.69, 9.17) is 16.1 Å². The van der Waals surface area contributed by atoms with Crippen molar-refractivity contribution < 1.29 is 9.32 Å². The van der Waals surface area contributed by atoms with Crippen LogP contribution in [0.15, 0.2) is 40.9 Å². The van der Waals surface area contributed by atoms with Crippen molar-refractivity contribution >= 4 is 28.8 Å². The van der Waals surface area contributed by atoms with Crippen molar-refractivity contribution in [3.8, 4) is 10.4 Å². The number of carbonyl (C=O) groups excluding carboxylic acids is 1. The molecule has 3 heterocycles. The number of halogens is 1. The number of aryl methyl sites for hydroxylation is 1. The summed E-state index contributed by atoms with van der Waals surface area (Å²) >= 11 is 8.12. The van der Waals surface area contributed by atoms with Gasteiger partial charge in [-0.1, -0.05) is 48.8 Å². The zero-order valence-corrected chi connectivity index (χ0v) is 20.2. The van der Waals surface area contributed by atoms with Crippen LogP contribution in [0.2, 0.25) is 5.02 Å². The summed E-state index contributed by atoms with van der Waals surface area (Å²) in [5, 5.41) is 4.76. The van der Waals surface area contributed by atoms with Crippen LogP contribution in [0.25, 0.3) is 10.4 Å². The quantitative estimate of drug-likeness (QED) is 0.448.